The highest BCUT2D eigenvalue weighted by molar-refractivity contribution is 6.02. The second-order valence-corrected chi connectivity index (χ2v) is 6.26. The number of nitrogens with zero attached hydrogens (tertiary/aromatic N) is 1. The quantitative estimate of drug-likeness (QED) is 0.846. The van der Waals surface area contributed by atoms with E-state index in [1.807, 2.05) is 49.4 Å². The van der Waals surface area contributed by atoms with Crippen LogP contribution in [0.5, 0.6) is 5.75 Å². The molecule has 0 atom stereocenters. The van der Waals surface area contributed by atoms with Crippen LogP contribution in [0.25, 0.3) is 6.08 Å². The van der Waals surface area contributed by atoms with Crippen molar-refractivity contribution in [2.75, 3.05) is 25.5 Å². The molecule has 0 bridgehead atoms. The van der Waals surface area contributed by atoms with Gasteiger partial charge < -0.3 is 15.0 Å². The Labute approximate surface area is 149 Å². The minimum Gasteiger partial charge on any atom is -0.494 e. The molecule has 2 aromatic carbocycles. The zero-order valence-electron chi connectivity index (χ0n) is 14.8. The molecule has 0 aromatic heterocycles. The van der Waals surface area contributed by atoms with Gasteiger partial charge in [-0.25, -0.2) is 0 Å². The van der Waals surface area contributed by atoms with Gasteiger partial charge in [-0.05, 0) is 61.4 Å². The Morgan fingerprint density at radius 2 is 2.04 bits per heavy atom. The smallest absolute Gasteiger partial charge is 0.248 e. The van der Waals surface area contributed by atoms with Gasteiger partial charge in [0.2, 0.25) is 5.91 Å². The number of carbonyl (C=O) groups excluding carboxylic acids is 1. The predicted octanol–water partition coefficient (Wildman–Crippen LogP) is 3.73. The highest BCUT2D eigenvalue weighted by atomic mass is 16.5. The van der Waals surface area contributed by atoms with Crippen molar-refractivity contribution in [1.82, 2.24) is 4.90 Å². The molecule has 4 heteroatoms. The molecule has 2 aromatic rings. The first kappa shape index (κ1) is 17.2. The van der Waals surface area contributed by atoms with E-state index in [9.17, 15) is 4.79 Å². The molecule has 0 saturated heterocycles. The van der Waals surface area contributed by atoms with E-state index >= 15 is 0 Å². The Bertz CT molecular complexity index is 766. The third-order valence-corrected chi connectivity index (χ3v) is 4.33. The van der Waals surface area contributed by atoms with Crippen LogP contribution in [0.3, 0.4) is 0 Å². The maximum atomic E-state index is 12.3. The van der Waals surface area contributed by atoms with E-state index in [1.54, 1.807) is 6.08 Å². The normalized spacial score (nSPS) is 14.3. The molecule has 130 valence electrons. The third kappa shape index (κ3) is 4.48. The first-order valence-electron chi connectivity index (χ1n) is 8.67. The molecule has 1 N–H and O–H groups in total. The lowest BCUT2D eigenvalue weighted by molar-refractivity contribution is -0.111. The number of ether oxygens (including phenoxy) is 1. The molecule has 1 aliphatic heterocycles. The average molecular weight is 336 g/mol. The van der Waals surface area contributed by atoms with Crippen LogP contribution in [0.2, 0.25) is 0 Å². The molecule has 1 aliphatic rings. The summed E-state index contributed by atoms with van der Waals surface area (Å²) in [5.41, 5.74) is 4.44. The lowest BCUT2D eigenvalue weighted by Gasteiger charge is -2.26. The molecule has 0 radical (unpaired) electrons. The van der Waals surface area contributed by atoms with Crippen molar-refractivity contribution in [2.24, 2.45) is 0 Å². The van der Waals surface area contributed by atoms with Gasteiger partial charge in [0.15, 0.2) is 0 Å². The molecule has 1 heterocycles. The Morgan fingerprint density at radius 1 is 1.24 bits per heavy atom. The molecule has 0 unspecified atom stereocenters. The van der Waals surface area contributed by atoms with Crippen LogP contribution in [0.15, 0.2) is 48.5 Å². The van der Waals surface area contributed by atoms with E-state index in [-0.39, 0.29) is 5.91 Å². The lowest BCUT2D eigenvalue weighted by atomic mass is 9.98. The fourth-order valence-electron chi connectivity index (χ4n) is 3.06. The number of benzene rings is 2. The summed E-state index contributed by atoms with van der Waals surface area (Å²) < 4.78 is 5.42. The number of carbonyl (C=O) groups is 1. The summed E-state index contributed by atoms with van der Waals surface area (Å²) in [6.45, 7) is 4.55. The molecule has 1 amide bonds. The van der Waals surface area contributed by atoms with Gasteiger partial charge in [0.05, 0.1) is 6.61 Å². The SMILES string of the molecule is CCOc1ccc(C=CC(=O)Nc2cccc3c2CCN(C)C3)cc1. The van der Waals surface area contributed by atoms with Gasteiger partial charge in [0.25, 0.3) is 0 Å². The topological polar surface area (TPSA) is 41.6 Å². The highest BCUT2D eigenvalue weighted by Gasteiger charge is 2.16. The van der Waals surface area contributed by atoms with Crippen molar-refractivity contribution < 1.29 is 9.53 Å². The highest BCUT2D eigenvalue weighted by Crippen LogP contribution is 2.25. The van der Waals surface area contributed by atoms with E-state index < -0.39 is 0 Å². The second kappa shape index (κ2) is 7.99. The van der Waals surface area contributed by atoms with Crippen LogP contribution >= 0.6 is 0 Å². The Morgan fingerprint density at radius 3 is 2.80 bits per heavy atom. The molecule has 3 rings (SSSR count). The van der Waals surface area contributed by atoms with Crippen LogP contribution < -0.4 is 10.1 Å². The maximum Gasteiger partial charge on any atom is 0.248 e. The Hall–Kier alpha value is -2.59. The van der Waals surface area contributed by atoms with E-state index in [0.29, 0.717) is 6.61 Å². The maximum absolute atomic E-state index is 12.3. The van der Waals surface area contributed by atoms with Crippen LogP contribution in [0, 0.1) is 0 Å². The summed E-state index contributed by atoms with van der Waals surface area (Å²) in [5.74, 6) is 0.728. The number of rotatable bonds is 5. The monoisotopic (exact) mass is 336 g/mol. The van der Waals surface area contributed by atoms with Crippen molar-refractivity contribution >= 4 is 17.7 Å². The second-order valence-electron chi connectivity index (χ2n) is 6.26. The molecule has 0 saturated carbocycles. The summed E-state index contributed by atoms with van der Waals surface area (Å²) in [4.78, 5) is 14.6. The Kier molecular flexibility index (Phi) is 5.51. The number of nitrogens with one attached hydrogen (secondary N) is 1. The van der Waals surface area contributed by atoms with E-state index in [1.165, 1.54) is 11.1 Å². The number of amides is 1. The van der Waals surface area contributed by atoms with Crippen LogP contribution in [0.1, 0.15) is 23.6 Å². The molecule has 0 spiro atoms. The summed E-state index contributed by atoms with van der Waals surface area (Å²) in [7, 11) is 2.12. The molecule has 0 aliphatic carbocycles. The molecule has 4 nitrogen and oxygen atoms in total. The van der Waals surface area contributed by atoms with Crippen molar-refractivity contribution in [3.05, 3.63) is 65.2 Å². The Balaban J connectivity index is 1.66. The van der Waals surface area contributed by atoms with Crippen molar-refractivity contribution in [1.29, 1.82) is 0 Å². The summed E-state index contributed by atoms with van der Waals surface area (Å²) in [6.07, 6.45) is 4.35. The third-order valence-electron chi connectivity index (χ3n) is 4.33. The first-order valence-corrected chi connectivity index (χ1v) is 8.67. The number of hydrogen-bond donors (Lipinski definition) is 1. The molecular weight excluding hydrogens is 312 g/mol. The number of fused-ring (bicyclic) bond motifs is 1. The molecular formula is C21H24N2O2. The minimum atomic E-state index is -0.110. The van der Waals surface area contributed by atoms with Crippen molar-refractivity contribution in [2.45, 2.75) is 19.9 Å². The number of anilines is 1. The standard InChI is InChI=1S/C21H24N2O2/c1-3-25-18-10-7-16(8-11-18)9-12-21(24)22-20-6-4-5-17-15-23(2)14-13-19(17)20/h4-12H,3,13-15H2,1-2H3,(H,22,24). The predicted molar refractivity (Wildman–Crippen MR) is 102 cm³/mol. The van der Waals surface area contributed by atoms with Gasteiger partial charge in [0, 0.05) is 24.9 Å². The van der Waals surface area contributed by atoms with Gasteiger partial charge >= 0.3 is 0 Å². The van der Waals surface area contributed by atoms with E-state index in [4.69, 9.17) is 4.74 Å². The summed E-state index contributed by atoms with van der Waals surface area (Å²) >= 11 is 0. The number of likely N-dealkylation sites (N-methyl/N-ethyl adjacent to an activating group) is 1. The fourth-order valence-corrected chi connectivity index (χ4v) is 3.06. The zero-order chi connectivity index (χ0) is 17.6. The van der Waals surface area contributed by atoms with Crippen LogP contribution in [-0.4, -0.2) is 31.0 Å². The molecule has 25 heavy (non-hydrogen) atoms. The minimum absolute atomic E-state index is 0.110. The van der Waals surface area contributed by atoms with Gasteiger partial charge in [-0.1, -0.05) is 24.3 Å². The van der Waals surface area contributed by atoms with Gasteiger partial charge in [-0.15, -0.1) is 0 Å². The van der Waals surface area contributed by atoms with Crippen LogP contribution in [-0.2, 0) is 17.8 Å². The molecule has 0 fully saturated rings. The summed E-state index contributed by atoms with van der Waals surface area (Å²) in [6, 6.07) is 13.8. The van der Waals surface area contributed by atoms with Crippen molar-refractivity contribution in [3.8, 4) is 5.75 Å². The largest absolute Gasteiger partial charge is 0.494 e. The fraction of sp³-hybridized carbons (Fsp3) is 0.286. The van der Waals surface area contributed by atoms with E-state index in [0.717, 1.165) is 36.5 Å². The number of hydrogen-bond acceptors (Lipinski definition) is 3. The van der Waals surface area contributed by atoms with Gasteiger partial charge in [-0.3, -0.25) is 4.79 Å². The van der Waals surface area contributed by atoms with Gasteiger partial charge in [0.1, 0.15) is 5.75 Å². The first-order chi connectivity index (χ1) is 12.2. The summed E-state index contributed by atoms with van der Waals surface area (Å²) in [5, 5.41) is 3.02. The average Bonchev–Trinajstić information content (AvgIpc) is 2.61. The van der Waals surface area contributed by atoms with Gasteiger partial charge in [-0.2, -0.15) is 0 Å². The van der Waals surface area contributed by atoms with E-state index in [2.05, 4.69) is 23.3 Å². The van der Waals surface area contributed by atoms with Crippen molar-refractivity contribution in [3.63, 3.8) is 0 Å². The zero-order valence-corrected chi connectivity index (χ0v) is 14.8. The van der Waals surface area contributed by atoms with Crippen LogP contribution in [0.4, 0.5) is 5.69 Å². The lowest BCUT2D eigenvalue weighted by Crippen LogP contribution is -2.27.